The quantitative estimate of drug-likeness (QED) is 0.841. The van der Waals surface area contributed by atoms with Gasteiger partial charge in [0.15, 0.2) is 0 Å². The van der Waals surface area contributed by atoms with Gasteiger partial charge in [0.25, 0.3) is 0 Å². The predicted molar refractivity (Wildman–Crippen MR) is 71.5 cm³/mol. The number of likely N-dealkylation sites (N-methyl/N-ethyl adjacent to an activating group) is 1. The molecule has 0 bridgehead atoms. The van der Waals surface area contributed by atoms with Crippen LogP contribution in [-0.2, 0) is 11.3 Å². The molecule has 1 aliphatic heterocycles. The van der Waals surface area contributed by atoms with Crippen molar-refractivity contribution < 1.29 is 4.79 Å². The molecular formula is C13H20N4O. The van der Waals surface area contributed by atoms with Gasteiger partial charge in [-0.2, -0.15) is 0 Å². The molecular weight excluding hydrogens is 228 g/mol. The third-order valence-electron chi connectivity index (χ3n) is 3.19. The summed E-state index contributed by atoms with van der Waals surface area (Å²) in [6, 6.07) is 4.00. The fraction of sp³-hybridized carbons (Fsp3) is 0.538. The van der Waals surface area contributed by atoms with E-state index < -0.39 is 0 Å². The molecule has 0 atom stereocenters. The topological polar surface area (TPSA) is 48.5 Å². The highest BCUT2D eigenvalue weighted by atomic mass is 16.2. The minimum absolute atomic E-state index is 0.154. The highest BCUT2D eigenvalue weighted by Gasteiger charge is 2.23. The van der Waals surface area contributed by atoms with E-state index in [1.54, 1.807) is 11.1 Å². The van der Waals surface area contributed by atoms with Gasteiger partial charge in [0.05, 0.1) is 6.54 Å². The van der Waals surface area contributed by atoms with Crippen molar-refractivity contribution in [1.82, 2.24) is 15.2 Å². The molecule has 1 saturated heterocycles. The number of amides is 1. The van der Waals surface area contributed by atoms with Gasteiger partial charge in [0.2, 0.25) is 5.91 Å². The molecule has 0 unspecified atom stereocenters. The molecule has 98 valence electrons. The molecule has 2 heterocycles. The van der Waals surface area contributed by atoms with Crippen molar-refractivity contribution in [3.8, 4) is 0 Å². The van der Waals surface area contributed by atoms with Crippen LogP contribution in [0.3, 0.4) is 0 Å². The van der Waals surface area contributed by atoms with Crippen molar-refractivity contribution in [1.29, 1.82) is 0 Å². The van der Waals surface area contributed by atoms with Crippen molar-refractivity contribution in [2.75, 3.05) is 38.1 Å². The molecule has 0 aromatic carbocycles. The molecule has 0 aliphatic carbocycles. The first-order chi connectivity index (χ1) is 8.72. The average molecular weight is 248 g/mol. The lowest BCUT2D eigenvalue weighted by molar-refractivity contribution is -0.129. The maximum absolute atomic E-state index is 11.7. The number of rotatable bonds is 4. The van der Waals surface area contributed by atoms with Gasteiger partial charge in [0, 0.05) is 38.4 Å². The summed E-state index contributed by atoms with van der Waals surface area (Å²) < 4.78 is 0. The molecule has 5 heteroatoms. The third-order valence-corrected chi connectivity index (χ3v) is 3.19. The fourth-order valence-electron chi connectivity index (χ4n) is 2.05. The van der Waals surface area contributed by atoms with E-state index in [-0.39, 0.29) is 5.91 Å². The molecule has 1 fully saturated rings. The number of nitrogens with one attached hydrogen (secondary N) is 1. The maximum Gasteiger partial charge on any atom is 0.241 e. The minimum atomic E-state index is 0.154. The zero-order valence-corrected chi connectivity index (χ0v) is 11.0. The highest BCUT2D eigenvalue weighted by molar-refractivity contribution is 5.82. The van der Waals surface area contributed by atoms with Crippen LogP contribution in [0.15, 0.2) is 18.3 Å². The van der Waals surface area contributed by atoms with Gasteiger partial charge < -0.3 is 15.1 Å². The molecule has 0 radical (unpaired) electrons. The first kappa shape index (κ1) is 12.8. The van der Waals surface area contributed by atoms with Gasteiger partial charge in [-0.05, 0) is 12.6 Å². The number of anilines is 1. The van der Waals surface area contributed by atoms with E-state index in [4.69, 9.17) is 0 Å². The number of hydrogen-bond acceptors (Lipinski definition) is 4. The minimum Gasteiger partial charge on any atom is -0.345 e. The molecule has 18 heavy (non-hydrogen) atoms. The summed E-state index contributed by atoms with van der Waals surface area (Å²) in [5, 5.41) is 3.30. The van der Waals surface area contributed by atoms with Crippen LogP contribution in [0.2, 0.25) is 0 Å². The van der Waals surface area contributed by atoms with E-state index in [9.17, 15) is 4.79 Å². The Morgan fingerprint density at radius 1 is 1.44 bits per heavy atom. The molecule has 1 N–H and O–H groups in total. The Bertz CT molecular complexity index is 421. The highest BCUT2D eigenvalue weighted by Crippen LogP contribution is 2.18. The van der Waals surface area contributed by atoms with Crippen molar-refractivity contribution in [3.05, 3.63) is 23.9 Å². The summed E-state index contributed by atoms with van der Waals surface area (Å²) in [5.41, 5.74) is 1.15. The Hall–Kier alpha value is -1.62. The van der Waals surface area contributed by atoms with E-state index in [0.717, 1.165) is 37.6 Å². The zero-order chi connectivity index (χ0) is 13.0. The molecule has 1 aromatic heterocycles. The van der Waals surface area contributed by atoms with E-state index >= 15 is 0 Å². The Morgan fingerprint density at radius 2 is 2.28 bits per heavy atom. The molecule has 0 saturated carbocycles. The van der Waals surface area contributed by atoms with Crippen LogP contribution in [0.4, 0.5) is 5.82 Å². The third kappa shape index (κ3) is 2.79. The first-order valence-corrected chi connectivity index (χ1v) is 6.36. The fourth-order valence-corrected chi connectivity index (χ4v) is 2.05. The molecule has 1 amide bonds. The summed E-state index contributed by atoms with van der Waals surface area (Å²) in [4.78, 5) is 20.0. The van der Waals surface area contributed by atoms with Gasteiger partial charge in [-0.1, -0.05) is 13.0 Å². The normalized spacial score (nSPS) is 16.2. The largest absolute Gasteiger partial charge is 0.345 e. The number of hydrogen-bond donors (Lipinski definition) is 1. The smallest absolute Gasteiger partial charge is 0.241 e. The zero-order valence-electron chi connectivity index (χ0n) is 11.0. The first-order valence-electron chi connectivity index (χ1n) is 6.36. The lowest BCUT2D eigenvalue weighted by Crippen LogP contribution is -2.49. The van der Waals surface area contributed by atoms with Crippen LogP contribution < -0.4 is 10.2 Å². The molecule has 5 nitrogen and oxygen atoms in total. The van der Waals surface area contributed by atoms with Crippen LogP contribution in [0, 0.1) is 0 Å². The Labute approximate surface area is 108 Å². The molecule has 1 aliphatic rings. The standard InChI is InChI=1S/C13H20N4O/c1-3-14-9-11-5-4-6-15-13(11)17-8-7-16(2)12(18)10-17/h4-6,14H,3,7-10H2,1-2H3. The van der Waals surface area contributed by atoms with Gasteiger partial charge in [-0.25, -0.2) is 4.98 Å². The number of carbonyl (C=O) groups is 1. The van der Waals surface area contributed by atoms with Gasteiger partial charge in [-0.15, -0.1) is 0 Å². The maximum atomic E-state index is 11.7. The molecule has 2 rings (SSSR count). The van der Waals surface area contributed by atoms with Crippen LogP contribution in [0.1, 0.15) is 12.5 Å². The van der Waals surface area contributed by atoms with Crippen LogP contribution in [0.25, 0.3) is 0 Å². The lowest BCUT2D eigenvalue weighted by atomic mass is 10.2. The number of piperazine rings is 1. The second-order valence-corrected chi connectivity index (χ2v) is 4.50. The number of pyridine rings is 1. The molecule has 0 spiro atoms. The number of nitrogens with zero attached hydrogens (tertiary/aromatic N) is 3. The van der Waals surface area contributed by atoms with E-state index in [1.165, 1.54) is 0 Å². The average Bonchev–Trinajstić information content (AvgIpc) is 2.40. The second kappa shape index (κ2) is 5.82. The Morgan fingerprint density at radius 3 is 3.00 bits per heavy atom. The van der Waals surface area contributed by atoms with Gasteiger partial charge in [0.1, 0.15) is 5.82 Å². The second-order valence-electron chi connectivity index (χ2n) is 4.50. The monoisotopic (exact) mass is 248 g/mol. The molecule has 1 aromatic rings. The summed E-state index contributed by atoms with van der Waals surface area (Å²) in [5.74, 6) is 1.08. The van der Waals surface area contributed by atoms with E-state index in [1.807, 2.05) is 13.1 Å². The SMILES string of the molecule is CCNCc1cccnc1N1CCN(C)C(=O)C1. The van der Waals surface area contributed by atoms with Crippen molar-refractivity contribution in [2.45, 2.75) is 13.5 Å². The summed E-state index contributed by atoms with van der Waals surface area (Å²) in [6.45, 7) is 5.83. The van der Waals surface area contributed by atoms with Crippen LogP contribution >= 0.6 is 0 Å². The number of carbonyl (C=O) groups excluding carboxylic acids is 1. The van der Waals surface area contributed by atoms with E-state index in [2.05, 4.69) is 28.2 Å². The summed E-state index contributed by atoms with van der Waals surface area (Å²) >= 11 is 0. The van der Waals surface area contributed by atoms with Crippen LogP contribution in [-0.4, -0.2) is 49.0 Å². The van der Waals surface area contributed by atoms with E-state index in [0.29, 0.717) is 6.54 Å². The number of aromatic nitrogens is 1. The van der Waals surface area contributed by atoms with Gasteiger partial charge in [-0.3, -0.25) is 4.79 Å². The van der Waals surface area contributed by atoms with Crippen LogP contribution in [0.5, 0.6) is 0 Å². The lowest BCUT2D eigenvalue weighted by Gasteiger charge is -2.33. The van der Waals surface area contributed by atoms with Crippen molar-refractivity contribution in [2.24, 2.45) is 0 Å². The Kier molecular flexibility index (Phi) is 4.15. The van der Waals surface area contributed by atoms with Crippen molar-refractivity contribution >= 4 is 11.7 Å². The Balaban J connectivity index is 2.14. The van der Waals surface area contributed by atoms with Crippen molar-refractivity contribution in [3.63, 3.8) is 0 Å². The summed E-state index contributed by atoms with van der Waals surface area (Å²) in [7, 11) is 1.84. The predicted octanol–water partition coefficient (Wildman–Crippen LogP) is 0.469. The van der Waals surface area contributed by atoms with Gasteiger partial charge >= 0.3 is 0 Å². The summed E-state index contributed by atoms with van der Waals surface area (Å²) in [6.07, 6.45) is 1.79.